The van der Waals surface area contributed by atoms with Crippen molar-refractivity contribution in [3.05, 3.63) is 63.9 Å². The number of aryl methyl sites for hydroxylation is 1. The van der Waals surface area contributed by atoms with Crippen LogP contribution in [0.25, 0.3) is 10.4 Å². The molecule has 2 bridgehead atoms. The van der Waals surface area contributed by atoms with Crippen LogP contribution in [0.5, 0.6) is 5.88 Å². The summed E-state index contributed by atoms with van der Waals surface area (Å²) in [5.41, 5.74) is 1.64. The van der Waals surface area contributed by atoms with Crippen molar-refractivity contribution < 1.29 is 14.3 Å². The summed E-state index contributed by atoms with van der Waals surface area (Å²) in [6.45, 7) is 2.28. The van der Waals surface area contributed by atoms with Gasteiger partial charge in [-0.05, 0) is 55.9 Å². The van der Waals surface area contributed by atoms with E-state index in [9.17, 15) is 9.59 Å². The van der Waals surface area contributed by atoms with Crippen LogP contribution in [0.2, 0.25) is 5.02 Å². The van der Waals surface area contributed by atoms with Gasteiger partial charge in [0.05, 0.1) is 23.0 Å². The highest BCUT2D eigenvalue weighted by atomic mass is 35.5. The predicted molar refractivity (Wildman–Crippen MR) is 132 cm³/mol. The second-order valence-corrected chi connectivity index (χ2v) is 10.3. The van der Waals surface area contributed by atoms with Gasteiger partial charge in [-0.1, -0.05) is 29.8 Å². The Balaban J connectivity index is 1.38. The fraction of sp³-hybridized carbons (Fsp3) is 0.360. The number of benzene rings is 1. The van der Waals surface area contributed by atoms with Crippen LogP contribution in [0.1, 0.15) is 45.2 Å². The number of aromatic nitrogens is 2. The molecule has 5 rings (SSSR count). The van der Waals surface area contributed by atoms with E-state index in [4.69, 9.17) is 16.3 Å². The highest BCUT2D eigenvalue weighted by molar-refractivity contribution is 7.15. The van der Waals surface area contributed by atoms with E-state index in [1.165, 1.54) is 18.4 Å². The zero-order valence-corrected chi connectivity index (χ0v) is 20.5. The van der Waals surface area contributed by atoms with Gasteiger partial charge >= 0.3 is 0 Å². The van der Waals surface area contributed by atoms with Crippen molar-refractivity contribution in [2.75, 3.05) is 13.7 Å². The highest BCUT2D eigenvalue weighted by Gasteiger charge is 2.49. The third kappa shape index (κ3) is 4.28. The quantitative estimate of drug-likeness (QED) is 0.539. The molecular formula is C25H25ClN4O3S. The van der Waals surface area contributed by atoms with Crippen molar-refractivity contribution in [2.45, 2.75) is 38.3 Å². The van der Waals surface area contributed by atoms with E-state index in [2.05, 4.69) is 15.3 Å². The molecule has 2 fully saturated rings. The lowest BCUT2D eigenvalue weighted by molar-refractivity contribution is 0.0577. The van der Waals surface area contributed by atoms with E-state index < -0.39 is 0 Å². The molecule has 2 amide bonds. The maximum atomic E-state index is 13.8. The number of carbonyl (C=O) groups excluding carboxylic acids is 2. The number of amides is 2. The maximum absolute atomic E-state index is 13.8. The summed E-state index contributed by atoms with van der Waals surface area (Å²) >= 11 is 7.71. The molecule has 176 valence electrons. The van der Waals surface area contributed by atoms with Crippen LogP contribution in [-0.4, -0.2) is 52.4 Å². The van der Waals surface area contributed by atoms with Crippen LogP contribution in [0.3, 0.4) is 0 Å². The predicted octanol–water partition coefficient (Wildman–Crippen LogP) is 4.60. The van der Waals surface area contributed by atoms with Gasteiger partial charge in [0.2, 0.25) is 5.88 Å². The lowest BCUT2D eigenvalue weighted by atomic mass is 9.98. The summed E-state index contributed by atoms with van der Waals surface area (Å²) in [6, 6.07) is 12.7. The number of hydrogen-bond donors (Lipinski definition) is 1. The molecule has 2 aliphatic rings. The molecule has 1 N–H and O–H groups in total. The molecule has 1 aliphatic carbocycles. The average Bonchev–Trinajstić information content (AvgIpc) is 3.56. The Kier molecular flexibility index (Phi) is 6.27. The molecule has 3 heterocycles. The van der Waals surface area contributed by atoms with Gasteiger partial charge in [0.15, 0.2) is 0 Å². The van der Waals surface area contributed by atoms with Crippen LogP contribution in [0, 0.1) is 12.8 Å². The van der Waals surface area contributed by atoms with Crippen molar-refractivity contribution >= 4 is 34.8 Å². The van der Waals surface area contributed by atoms with E-state index in [0.29, 0.717) is 34.8 Å². The molecule has 1 aliphatic heterocycles. The normalized spacial score (nSPS) is 21.0. The monoisotopic (exact) mass is 496 g/mol. The maximum Gasteiger partial charge on any atom is 0.274 e. The molecule has 1 saturated carbocycles. The first kappa shape index (κ1) is 22.8. The summed E-state index contributed by atoms with van der Waals surface area (Å²) in [4.78, 5) is 38.2. The Morgan fingerprint density at radius 2 is 2.03 bits per heavy atom. The number of pyridine rings is 1. The Morgan fingerprint density at radius 1 is 1.21 bits per heavy atom. The first-order valence-electron chi connectivity index (χ1n) is 11.3. The standard InChI is InChI=1S/C25H25ClN4O3S/c1-14-28-22(23(34-14)16-5-3-6-17(26)11-16)25(32)30-18-10-9-15(12-18)20(30)13-27-24(31)19-7-4-8-21(29-19)33-2/h3-8,11,15,18,20H,9-10,12-13H2,1-2H3,(H,27,31)/t15-,18+,20+/m0/s1. The van der Waals surface area contributed by atoms with Crippen molar-refractivity contribution in [3.63, 3.8) is 0 Å². The first-order chi connectivity index (χ1) is 16.4. The molecule has 0 radical (unpaired) electrons. The average molecular weight is 497 g/mol. The summed E-state index contributed by atoms with van der Waals surface area (Å²) in [6.07, 6.45) is 3.00. The topological polar surface area (TPSA) is 84.4 Å². The van der Waals surface area contributed by atoms with Crippen LogP contribution in [-0.2, 0) is 0 Å². The van der Waals surface area contributed by atoms with Crippen LogP contribution < -0.4 is 10.1 Å². The Labute approximate surface area is 207 Å². The molecule has 0 unspecified atom stereocenters. The molecule has 3 aromatic rings. The summed E-state index contributed by atoms with van der Waals surface area (Å²) in [5.74, 6) is 0.391. The lowest BCUT2D eigenvalue weighted by Crippen LogP contribution is -2.50. The minimum absolute atomic E-state index is 0.0741. The number of nitrogens with zero attached hydrogens (tertiary/aromatic N) is 3. The van der Waals surface area contributed by atoms with Crippen molar-refractivity contribution in [3.8, 4) is 16.3 Å². The molecule has 34 heavy (non-hydrogen) atoms. The fourth-order valence-corrected chi connectivity index (χ4v) is 6.23. The highest BCUT2D eigenvalue weighted by Crippen LogP contribution is 2.44. The molecule has 7 nitrogen and oxygen atoms in total. The number of carbonyl (C=O) groups is 2. The second kappa shape index (κ2) is 9.35. The van der Waals surface area contributed by atoms with Crippen LogP contribution >= 0.6 is 22.9 Å². The van der Waals surface area contributed by atoms with Crippen LogP contribution in [0.15, 0.2) is 42.5 Å². The number of thiazole rings is 1. The van der Waals surface area contributed by atoms with Gasteiger partial charge in [-0.2, -0.15) is 0 Å². The zero-order chi connectivity index (χ0) is 23.8. The Morgan fingerprint density at radius 3 is 2.82 bits per heavy atom. The van der Waals surface area contributed by atoms with E-state index in [0.717, 1.165) is 34.7 Å². The summed E-state index contributed by atoms with van der Waals surface area (Å²) in [7, 11) is 1.51. The number of hydrogen-bond acceptors (Lipinski definition) is 6. The molecule has 1 aromatic carbocycles. The van der Waals surface area contributed by atoms with Gasteiger partial charge < -0.3 is 15.0 Å². The Bertz CT molecular complexity index is 1250. The SMILES string of the molecule is COc1cccc(C(=O)NC[C@@H]2[C@H]3CC[C@H](C3)N2C(=O)c2nc(C)sc2-c2cccc(Cl)c2)n1. The zero-order valence-electron chi connectivity index (χ0n) is 19.0. The largest absolute Gasteiger partial charge is 0.481 e. The second-order valence-electron chi connectivity index (χ2n) is 8.70. The number of methoxy groups -OCH3 is 1. The summed E-state index contributed by atoms with van der Waals surface area (Å²) in [5, 5.41) is 4.44. The van der Waals surface area contributed by atoms with Gasteiger partial charge in [0.25, 0.3) is 11.8 Å². The minimum atomic E-state index is -0.279. The Hall–Kier alpha value is -2.97. The van der Waals surface area contributed by atoms with E-state index in [1.54, 1.807) is 18.2 Å². The van der Waals surface area contributed by atoms with E-state index in [1.807, 2.05) is 36.1 Å². The number of rotatable bonds is 6. The molecule has 0 spiro atoms. The van der Waals surface area contributed by atoms with E-state index in [-0.39, 0.29) is 23.9 Å². The number of fused-ring (bicyclic) bond motifs is 2. The number of nitrogens with one attached hydrogen (secondary N) is 1. The minimum Gasteiger partial charge on any atom is -0.481 e. The first-order valence-corrected chi connectivity index (χ1v) is 12.5. The van der Waals surface area contributed by atoms with Gasteiger partial charge in [0.1, 0.15) is 11.4 Å². The third-order valence-corrected chi connectivity index (χ3v) is 7.89. The van der Waals surface area contributed by atoms with Gasteiger partial charge in [0, 0.05) is 23.7 Å². The van der Waals surface area contributed by atoms with Gasteiger partial charge in [-0.3, -0.25) is 9.59 Å². The fourth-order valence-electron chi connectivity index (χ4n) is 5.14. The number of ether oxygens (including phenoxy) is 1. The number of likely N-dealkylation sites (tertiary alicyclic amines) is 1. The molecular weight excluding hydrogens is 472 g/mol. The van der Waals surface area contributed by atoms with Gasteiger partial charge in [-0.25, -0.2) is 9.97 Å². The number of piperidine rings is 1. The lowest BCUT2D eigenvalue weighted by Gasteiger charge is -2.35. The smallest absolute Gasteiger partial charge is 0.274 e. The van der Waals surface area contributed by atoms with E-state index >= 15 is 0 Å². The molecule has 2 aromatic heterocycles. The van der Waals surface area contributed by atoms with Crippen LogP contribution in [0.4, 0.5) is 0 Å². The van der Waals surface area contributed by atoms with Crippen molar-refractivity contribution in [2.24, 2.45) is 5.92 Å². The molecule has 3 atom stereocenters. The van der Waals surface area contributed by atoms with Crippen molar-refractivity contribution in [1.82, 2.24) is 20.2 Å². The number of halogens is 1. The van der Waals surface area contributed by atoms with Crippen molar-refractivity contribution in [1.29, 1.82) is 0 Å². The van der Waals surface area contributed by atoms with Gasteiger partial charge in [-0.15, -0.1) is 11.3 Å². The molecule has 1 saturated heterocycles. The third-order valence-electron chi connectivity index (χ3n) is 6.64. The molecule has 9 heteroatoms. The summed E-state index contributed by atoms with van der Waals surface area (Å²) < 4.78 is 5.12.